The van der Waals surface area contributed by atoms with Gasteiger partial charge in [0.25, 0.3) is 0 Å². The van der Waals surface area contributed by atoms with Crippen LogP contribution in [-0.4, -0.2) is 17.0 Å². The van der Waals surface area contributed by atoms with E-state index in [-0.39, 0.29) is 0 Å². The Morgan fingerprint density at radius 3 is 2.84 bits per heavy atom. The number of benzene rings is 1. The quantitative estimate of drug-likeness (QED) is 0.833. The molecule has 104 valence electrons. The van der Waals surface area contributed by atoms with E-state index in [9.17, 15) is 0 Å². The van der Waals surface area contributed by atoms with Gasteiger partial charge in [-0.15, -0.1) is 0 Å². The second kappa shape index (κ2) is 5.76. The van der Waals surface area contributed by atoms with Gasteiger partial charge in [0.05, 0.1) is 6.54 Å². The minimum atomic E-state index is 0.356. The first-order valence-electron chi connectivity index (χ1n) is 6.58. The number of hydrogen-bond donors (Lipinski definition) is 1. The van der Waals surface area contributed by atoms with Gasteiger partial charge in [0.2, 0.25) is 0 Å². The maximum Gasteiger partial charge on any atom is 0.161 e. The number of amidine groups is 1. The molecule has 1 aliphatic heterocycles. The highest BCUT2D eigenvalue weighted by atomic mass is 35.5. The Labute approximate surface area is 125 Å². The summed E-state index contributed by atoms with van der Waals surface area (Å²) in [5, 5.41) is 5.75. The van der Waals surface area contributed by atoms with Crippen molar-refractivity contribution in [3.05, 3.63) is 28.8 Å². The zero-order chi connectivity index (χ0) is 14.0. The van der Waals surface area contributed by atoms with E-state index < -0.39 is 0 Å². The number of thioether (sulfide) groups is 1. The van der Waals surface area contributed by atoms with E-state index in [2.05, 4.69) is 38.0 Å². The molecule has 1 heterocycles. The number of hydrogen-bond acceptors (Lipinski definition) is 3. The molecule has 0 aromatic heterocycles. The van der Waals surface area contributed by atoms with Crippen molar-refractivity contribution in [3.63, 3.8) is 0 Å². The Morgan fingerprint density at radius 1 is 1.42 bits per heavy atom. The van der Waals surface area contributed by atoms with Crippen molar-refractivity contribution in [2.45, 2.75) is 39.4 Å². The minimum Gasteiger partial charge on any atom is -0.335 e. The third-order valence-corrected chi connectivity index (χ3v) is 4.34. The summed E-state index contributed by atoms with van der Waals surface area (Å²) >= 11 is 7.87. The summed E-state index contributed by atoms with van der Waals surface area (Å²) in [6.07, 6.45) is 1.18. The fraction of sp³-hybridized carbons (Fsp3) is 0.533. The van der Waals surface area contributed by atoms with Crippen LogP contribution in [-0.2, 0) is 0 Å². The molecular weight excluding hydrogens is 276 g/mol. The molecule has 0 radical (unpaired) electrons. The predicted molar refractivity (Wildman–Crippen MR) is 87.6 cm³/mol. The van der Waals surface area contributed by atoms with Crippen LogP contribution < -0.4 is 5.32 Å². The number of aliphatic imine (C=N–C) groups is 1. The lowest BCUT2D eigenvalue weighted by Crippen LogP contribution is -2.16. The highest BCUT2D eigenvalue weighted by Gasteiger charge is 2.25. The highest BCUT2D eigenvalue weighted by molar-refractivity contribution is 8.15. The number of aryl methyl sites for hydroxylation is 1. The third-order valence-electron chi connectivity index (χ3n) is 3.00. The lowest BCUT2D eigenvalue weighted by Gasteiger charge is -2.21. The zero-order valence-electron chi connectivity index (χ0n) is 12.0. The van der Waals surface area contributed by atoms with Gasteiger partial charge in [0.1, 0.15) is 0 Å². The molecule has 0 aliphatic carbocycles. The van der Waals surface area contributed by atoms with Crippen LogP contribution in [0.15, 0.2) is 23.2 Å². The lowest BCUT2D eigenvalue weighted by atomic mass is 9.90. The summed E-state index contributed by atoms with van der Waals surface area (Å²) in [5.74, 6) is 0. The summed E-state index contributed by atoms with van der Waals surface area (Å²) in [4.78, 5) is 4.59. The molecule has 0 saturated heterocycles. The molecule has 1 aromatic carbocycles. The van der Waals surface area contributed by atoms with Crippen LogP contribution in [0.5, 0.6) is 0 Å². The molecule has 19 heavy (non-hydrogen) atoms. The molecule has 1 aromatic rings. The van der Waals surface area contributed by atoms with E-state index in [1.54, 1.807) is 0 Å². The Bertz CT molecular complexity index is 491. The Morgan fingerprint density at radius 2 is 2.16 bits per heavy atom. The number of halogens is 1. The molecule has 0 bridgehead atoms. The van der Waals surface area contributed by atoms with Gasteiger partial charge in [-0.1, -0.05) is 50.2 Å². The third kappa shape index (κ3) is 4.43. The fourth-order valence-electron chi connectivity index (χ4n) is 2.12. The van der Waals surface area contributed by atoms with E-state index >= 15 is 0 Å². The molecule has 1 unspecified atom stereocenters. The van der Waals surface area contributed by atoms with Crippen LogP contribution >= 0.6 is 23.4 Å². The molecule has 1 N–H and O–H groups in total. The van der Waals surface area contributed by atoms with Gasteiger partial charge in [0.15, 0.2) is 5.17 Å². The van der Waals surface area contributed by atoms with Crippen LogP contribution in [0.2, 0.25) is 5.02 Å². The van der Waals surface area contributed by atoms with Crippen LogP contribution in [0, 0.1) is 12.3 Å². The van der Waals surface area contributed by atoms with Crippen molar-refractivity contribution in [3.8, 4) is 0 Å². The summed E-state index contributed by atoms with van der Waals surface area (Å²) < 4.78 is 0. The molecule has 1 aliphatic rings. The molecule has 1 atom stereocenters. The molecule has 0 amide bonds. The summed E-state index contributed by atoms with van der Waals surface area (Å²) in [5.41, 5.74) is 2.59. The van der Waals surface area contributed by atoms with Crippen molar-refractivity contribution < 1.29 is 0 Å². The van der Waals surface area contributed by atoms with Crippen molar-refractivity contribution in [2.75, 3.05) is 11.9 Å². The first-order chi connectivity index (χ1) is 8.83. The van der Waals surface area contributed by atoms with Crippen LogP contribution in [0.1, 0.15) is 32.8 Å². The van der Waals surface area contributed by atoms with Crippen LogP contribution in [0.25, 0.3) is 0 Å². The Balaban J connectivity index is 1.97. The highest BCUT2D eigenvalue weighted by Crippen LogP contribution is 2.33. The molecular formula is C15H21ClN2S. The molecule has 0 spiro atoms. The van der Waals surface area contributed by atoms with Crippen molar-refractivity contribution >= 4 is 34.2 Å². The van der Waals surface area contributed by atoms with E-state index in [1.165, 1.54) is 12.0 Å². The SMILES string of the molecule is Cc1ccc(Cl)cc1NC1=NCC(CC(C)(C)C)S1. The van der Waals surface area contributed by atoms with E-state index in [4.69, 9.17) is 11.6 Å². The molecule has 2 nitrogen and oxygen atoms in total. The second-order valence-corrected chi connectivity index (χ2v) is 7.96. The van der Waals surface area contributed by atoms with Crippen molar-refractivity contribution in [2.24, 2.45) is 10.4 Å². The predicted octanol–water partition coefficient (Wildman–Crippen LogP) is 4.97. The smallest absolute Gasteiger partial charge is 0.161 e. The standard InChI is InChI=1S/C15H21ClN2S/c1-10-5-6-11(16)7-13(10)18-14-17-9-12(19-14)8-15(2,3)4/h5-7,12H,8-9H2,1-4H3,(H,17,18). The second-order valence-electron chi connectivity index (χ2n) is 6.23. The molecule has 0 fully saturated rings. The van der Waals surface area contributed by atoms with Crippen molar-refractivity contribution in [1.82, 2.24) is 0 Å². The molecule has 4 heteroatoms. The van der Waals surface area contributed by atoms with Crippen LogP contribution in [0.4, 0.5) is 5.69 Å². The van der Waals surface area contributed by atoms with Gasteiger partial charge in [-0.05, 0) is 36.5 Å². The molecule has 0 saturated carbocycles. The monoisotopic (exact) mass is 296 g/mol. The number of anilines is 1. The average Bonchev–Trinajstić information content (AvgIpc) is 2.68. The van der Waals surface area contributed by atoms with Crippen molar-refractivity contribution in [1.29, 1.82) is 0 Å². The zero-order valence-corrected chi connectivity index (χ0v) is 13.5. The number of nitrogens with one attached hydrogen (secondary N) is 1. The summed E-state index contributed by atoms with van der Waals surface area (Å²) in [6, 6.07) is 5.89. The van der Waals surface area contributed by atoms with Gasteiger partial charge in [-0.3, -0.25) is 4.99 Å². The number of rotatable bonds is 2. The maximum atomic E-state index is 6.03. The Hall–Kier alpha value is -0.670. The largest absolute Gasteiger partial charge is 0.335 e. The first-order valence-corrected chi connectivity index (χ1v) is 7.83. The van der Waals surface area contributed by atoms with E-state index in [1.807, 2.05) is 30.0 Å². The van der Waals surface area contributed by atoms with Crippen LogP contribution in [0.3, 0.4) is 0 Å². The van der Waals surface area contributed by atoms with Gasteiger partial charge >= 0.3 is 0 Å². The van der Waals surface area contributed by atoms with E-state index in [0.717, 1.165) is 22.4 Å². The van der Waals surface area contributed by atoms with Gasteiger partial charge in [0, 0.05) is 16.0 Å². The van der Waals surface area contributed by atoms with Gasteiger partial charge in [-0.25, -0.2) is 0 Å². The maximum absolute atomic E-state index is 6.03. The minimum absolute atomic E-state index is 0.356. The first kappa shape index (κ1) is 14.7. The molecule has 2 rings (SSSR count). The summed E-state index contributed by atoms with van der Waals surface area (Å²) in [7, 11) is 0. The summed E-state index contributed by atoms with van der Waals surface area (Å²) in [6.45, 7) is 9.82. The van der Waals surface area contributed by atoms with Gasteiger partial charge < -0.3 is 5.32 Å². The topological polar surface area (TPSA) is 24.4 Å². The number of nitrogens with zero attached hydrogens (tertiary/aromatic N) is 1. The van der Waals surface area contributed by atoms with E-state index in [0.29, 0.717) is 10.7 Å². The normalized spacial score (nSPS) is 19.4. The fourth-order valence-corrected chi connectivity index (χ4v) is 3.66. The Kier molecular flexibility index (Phi) is 4.46. The average molecular weight is 297 g/mol. The van der Waals surface area contributed by atoms with Gasteiger partial charge in [-0.2, -0.15) is 0 Å². The lowest BCUT2D eigenvalue weighted by molar-refractivity contribution is 0.375.